The Kier molecular flexibility index (Phi) is 13.3. The van der Waals surface area contributed by atoms with Gasteiger partial charge in [0.2, 0.25) is 0 Å². The maximum atomic E-state index is 15.1. The molecular formula is C40H53F. The second-order valence-electron chi connectivity index (χ2n) is 12.7. The molecule has 0 unspecified atom stereocenters. The standard InChI is InChI=1S/C40H53F/c1-3-5-7-9-11-13-32-15-17-33(18-16-32)19-20-34-21-23-35(24-22-34)25-26-36-27-30-39-38(31-36)29-28-37(40(39)41)14-12-10-8-6-4-2/h21-24,27-33H,3-20H2,1-2H3. The first-order chi connectivity index (χ1) is 20.2. The molecule has 0 amide bonds. The summed E-state index contributed by atoms with van der Waals surface area (Å²) >= 11 is 0. The third-order valence-electron chi connectivity index (χ3n) is 9.41. The molecule has 0 aliphatic heterocycles. The fourth-order valence-corrected chi connectivity index (χ4v) is 6.64. The highest BCUT2D eigenvalue weighted by Crippen LogP contribution is 2.34. The van der Waals surface area contributed by atoms with Gasteiger partial charge < -0.3 is 0 Å². The highest BCUT2D eigenvalue weighted by Gasteiger charge is 2.20. The van der Waals surface area contributed by atoms with Gasteiger partial charge in [-0.1, -0.05) is 146 Å². The lowest BCUT2D eigenvalue weighted by molar-refractivity contribution is 0.248. The Morgan fingerprint density at radius 1 is 0.610 bits per heavy atom. The van der Waals surface area contributed by atoms with Crippen molar-refractivity contribution in [1.29, 1.82) is 0 Å². The van der Waals surface area contributed by atoms with Crippen LogP contribution in [0.25, 0.3) is 10.8 Å². The third-order valence-corrected chi connectivity index (χ3v) is 9.41. The largest absolute Gasteiger partial charge is 0.206 e. The Morgan fingerprint density at radius 3 is 1.93 bits per heavy atom. The SMILES string of the molecule is CCCCCCCc1ccc2cc(C#Cc3ccc(CCC4CCC(CCCCCCC)CC4)cc3)ccc2c1F. The van der Waals surface area contributed by atoms with Crippen molar-refractivity contribution in [2.75, 3.05) is 0 Å². The molecule has 0 radical (unpaired) electrons. The molecule has 0 aromatic heterocycles. The van der Waals surface area contributed by atoms with Gasteiger partial charge in [0.25, 0.3) is 0 Å². The van der Waals surface area contributed by atoms with E-state index in [4.69, 9.17) is 0 Å². The molecule has 0 N–H and O–H groups in total. The zero-order valence-corrected chi connectivity index (χ0v) is 26.0. The normalized spacial score (nSPS) is 17.0. The Balaban J connectivity index is 1.22. The molecule has 3 aromatic carbocycles. The number of hydrogen-bond acceptors (Lipinski definition) is 0. The first kappa shape index (κ1) is 31.3. The maximum absolute atomic E-state index is 15.1. The Hall–Kier alpha value is -2.59. The number of benzene rings is 3. The van der Waals surface area contributed by atoms with Crippen LogP contribution in [0, 0.1) is 29.5 Å². The Bertz CT molecular complexity index is 1230. The summed E-state index contributed by atoms with van der Waals surface area (Å²) in [5.41, 5.74) is 4.24. The second kappa shape index (κ2) is 17.4. The second-order valence-corrected chi connectivity index (χ2v) is 12.7. The summed E-state index contributed by atoms with van der Waals surface area (Å²) in [5, 5.41) is 1.64. The fraction of sp³-hybridized carbons (Fsp3) is 0.550. The van der Waals surface area contributed by atoms with Crippen molar-refractivity contribution in [2.24, 2.45) is 11.8 Å². The highest BCUT2D eigenvalue weighted by atomic mass is 19.1. The topological polar surface area (TPSA) is 0 Å². The van der Waals surface area contributed by atoms with Crippen LogP contribution in [0.1, 0.15) is 139 Å². The summed E-state index contributed by atoms with van der Waals surface area (Å²) in [6.45, 7) is 4.52. The van der Waals surface area contributed by atoms with Gasteiger partial charge in [0.1, 0.15) is 5.82 Å². The number of hydrogen-bond donors (Lipinski definition) is 0. The average Bonchev–Trinajstić information content (AvgIpc) is 3.01. The molecule has 0 nitrogen and oxygen atoms in total. The smallest absolute Gasteiger partial charge is 0.134 e. The van der Waals surface area contributed by atoms with Crippen molar-refractivity contribution >= 4 is 10.8 Å². The van der Waals surface area contributed by atoms with Gasteiger partial charge in [0, 0.05) is 16.5 Å². The lowest BCUT2D eigenvalue weighted by Gasteiger charge is -2.28. The van der Waals surface area contributed by atoms with Gasteiger partial charge in [-0.2, -0.15) is 0 Å². The van der Waals surface area contributed by atoms with E-state index in [-0.39, 0.29) is 5.82 Å². The number of rotatable bonds is 15. The van der Waals surface area contributed by atoms with Gasteiger partial charge in [-0.3, -0.25) is 0 Å². The first-order valence-electron chi connectivity index (χ1n) is 17.0. The summed E-state index contributed by atoms with van der Waals surface area (Å²) < 4.78 is 15.1. The Morgan fingerprint density at radius 2 is 1.22 bits per heavy atom. The number of aryl methyl sites for hydroxylation is 2. The van der Waals surface area contributed by atoms with Gasteiger partial charge in [0.15, 0.2) is 0 Å². The quantitative estimate of drug-likeness (QED) is 0.130. The Labute approximate surface area is 250 Å². The van der Waals surface area contributed by atoms with E-state index in [1.807, 2.05) is 24.3 Å². The number of halogens is 1. The van der Waals surface area contributed by atoms with Crippen molar-refractivity contribution in [3.05, 3.63) is 82.7 Å². The molecule has 4 rings (SSSR count). The molecule has 0 saturated heterocycles. The highest BCUT2D eigenvalue weighted by molar-refractivity contribution is 5.85. The minimum absolute atomic E-state index is 0.0565. The van der Waals surface area contributed by atoms with Crippen molar-refractivity contribution in [1.82, 2.24) is 0 Å². The molecule has 1 heteroatoms. The summed E-state index contributed by atoms with van der Waals surface area (Å²) in [6.07, 6.45) is 23.6. The minimum Gasteiger partial charge on any atom is -0.206 e. The van der Waals surface area contributed by atoms with E-state index in [1.54, 1.807) is 0 Å². The molecule has 1 aliphatic carbocycles. The zero-order chi connectivity index (χ0) is 28.7. The van der Waals surface area contributed by atoms with Crippen LogP contribution in [0.5, 0.6) is 0 Å². The van der Waals surface area contributed by atoms with Gasteiger partial charge in [-0.15, -0.1) is 0 Å². The van der Waals surface area contributed by atoms with Gasteiger partial charge in [-0.25, -0.2) is 4.39 Å². The zero-order valence-electron chi connectivity index (χ0n) is 26.0. The molecule has 1 saturated carbocycles. The molecular weight excluding hydrogens is 499 g/mol. The van der Waals surface area contributed by atoms with Crippen LogP contribution in [0.3, 0.4) is 0 Å². The number of fused-ring (bicyclic) bond motifs is 1. The molecule has 0 spiro atoms. The fourth-order valence-electron chi connectivity index (χ4n) is 6.64. The van der Waals surface area contributed by atoms with E-state index in [2.05, 4.69) is 56.0 Å². The van der Waals surface area contributed by atoms with Crippen LogP contribution in [0.15, 0.2) is 54.6 Å². The summed E-state index contributed by atoms with van der Waals surface area (Å²) in [4.78, 5) is 0. The van der Waals surface area contributed by atoms with Gasteiger partial charge in [-0.05, 0) is 78.3 Å². The van der Waals surface area contributed by atoms with E-state index in [0.29, 0.717) is 5.39 Å². The van der Waals surface area contributed by atoms with Crippen LogP contribution in [-0.2, 0) is 12.8 Å². The van der Waals surface area contributed by atoms with E-state index in [9.17, 15) is 0 Å². The molecule has 41 heavy (non-hydrogen) atoms. The van der Waals surface area contributed by atoms with Crippen molar-refractivity contribution < 1.29 is 4.39 Å². The lowest BCUT2D eigenvalue weighted by atomic mass is 9.77. The third kappa shape index (κ3) is 10.3. The predicted octanol–water partition coefficient (Wildman–Crippen LogP) is 12.0. The van der Waals surface area contributed by atoms with E-state index >= 15 is 4.39 Å². The summed E-state index contributed by atoms with van der Waals surface area (Å²) in [7, 11) is 0. The van der Waals surface area contributed by atoms with Crippen LogP contribution in [0.2, 0.25) is 0 Å². The molecule has 1 aliphatic rings. The molecule has 1 fully saturated rings. The van der Waals surface area contributed by atoms with E-state index in [0.717, 1.165) is 46.8 Å². The van der Waals surface area contributed by atoms with E-state index in [1.165, 1.54) is 108 Å². The van der Waals surface area contributed by atoms with Crippen LogP contribution in [0.4, 0.5) is 4.39 Å². The monoisotopic (exact) mass is 552 g/mol. The molecule has 220 valence electrons. The van der Waals surface area contributed by atoms with Gasteiger partial charge >= 0.3 is 0 Å². The molecule has 0 atom stereocenters. The van der Waals surface area contributed by atoms with Crippen LogP contribution < -0.4 is 0 Å². The van der Waals surface area contributed by atoms with Crippen molar-refractivity contribution in [3.63, 3.8) is 0 Å². The minimum atomic E-state index is -0.0565. The van der Waals surface area contributed by atoms with Gasteiger partial charge in [0.05, 0.1) is 0 Å². The summed E-state index contributed by atoms with van der Waals surface area (Å²) in [5.74, 6) is 8.46. The summed E-state index contributed by atoms with van der Waals surface area (Å²) in [6, 6.07) is 18.7. The van der Waals surface area contributed by atoms with Crippen molar-refractivity contribution in [3.8, 4) is 11.8 Å². The molecule has 0 heterocycles. The lowest BCUT2D eigenvalue weighted by Crippen LogP contribution is -2.15. The van der Waals surface area contributed by atoms with E-state index < -0.39 is 0 Å². The average molecular weight is 553 g/mol. The molecule has 0 bridgehead atoms. The molecule has 3 aromatic rings. The van der Waals surface area contributed by atoms with Crippen LogP contribution >= 0.6 is 0 Å². The first-order valence-corrected chi connectivity index (χ1v) is 17.0. The van der Waals surface area contributed by atoms with Crippen molar-refractivity contribution in [2.45, 2.75) is 129 Å². The predicted molar refractivity (Wildman–Crippen MR) is 176 cm³/mol. The van der Waals surface area contributed by atoms with Crippen LogP contribution in [-0.4, -0.2) is 0 Å². The maximum Gasteiger partial charge on any atom is 0.134 e. The number of unbranched alkanes of at least 4 members (excludes halogenated alkanes) is 8.